The number of hydrogen-bond donors (Lipinski definition) is 2. The minimum Gasteiger partial charge on any atom is -0.317 e. The summed E-state index contributed by atoms with van der Waals surface area (Å²) in [6, 6.07) is 4.42. The molecule has 0 amide bonds. The van der Waals surface area contributed by atoms with Crippen molar-refractivity contribution in [3.8, 4) is 0 Å². The number of nitrogens with one attached hydrogen (secondary N) is 2. The molecule has 2 nitrogen and oxygen atoms in total. The van der Waals surface area contributed by atoms with Crippen LogP contribution in [0.15, 0.2) is 18.2 Å². The largest absolute Gasteiger partial charge is 0.317 e. The molecule has 2 rings (SSSR count). The van der Waals surface area contributed by atoms with E-state index in [9.17, 15) is 8.78 Å². The summed E-state index contributed by atoms with van der Waals surface area (Å²) in [5.41, 5.74) is 0.580. The van der Waals surface area contributed by atoms with Gasteiger partial charge in [-0.3, -0.25) is 0 Å². The molecule has 1 aromatic rings. The molecule has 1 saturated carbocycles. The molecule has 4 heteroatoms. The fraction of sp³-hybridized carbons (Fsp3) is 0.600. The van der Waals surface area contributed by atoms with Crippen molar-refractivity contribution in [2.75, 3.05) is 14.1 Å². The molecule has 1 aromatic carbocycles. The van der Waals surface area contributed by atoms with Crippen LogP contribution in [0, 0.1) is 17.6 Å². The third-order valence-corrected chi connectivity index (χ3v) is 4.26. The van der Waals surface area contributed by atoms with Gasteiger partial charge in [0.05, 0.1) is 0 Å². The highest BCUT2D eigenvalue weighted by Crippen LogP contribution is 2.35. The Balaban J connectivity index is 2.12. The number of rotatable bonds is 4. The van der Waals surface area contributed by atoms with E-state index in [0.717, 1.165) is 31.7 Å². The van der Waals surface area contributed by atoms with Crippen molar-refractivity contribution in [3.05, 3.63) is 35.4 Å². The molecule has 1 fully saturated rings. The summed E-state index contributed by atoms with van der Waals surface area (Å²) in [6.07, 6.45) is 4.35. The predicted octanol–water partition coefficient (Wildman–Crippen LogP) is 3.00. The average Bonchev–Trinajstić information content (AvgIpc) is 2.42. The minimum atomic E-state index is -0.519. The van der Waals surface area contributed by atoms with Crippen LogP contribution < -0.4 is 10.6 Å². The number of hydrogen-bond acceptors (Lipinski definition) is 2. The summed E-state index contributed by atoms with van der Waals surface area (Å²) in [5.74, 6) is -0.556. The van der Waals surface area contributed by atoms with Crippen LogP contribution in [0.1, 0.15) is 37.3 Å². The van der Waals surface area contributed by atoms with Crippen molar-refractivity contribution in [2.45, 2.75) is 37.8 Å². The highest BCUT2D eigenvalue weighted by Gasteiger charge is 2.28. The summed E-state index contributed by atoms with van der Waals surface area (Å²) in [5, 5.41) is 6.49. The van der Waals surface area contributed by atoms with Crippen LogP contribution in [0.2, 0.25) is 0 Å². The monoisotopic (exact) mass is 268 g/mol. The molecule has 0 spiro atoms. The molecule has 1 unspecified atom stereocenters. The Bertz CT molecular complexity index is 415. The normalized spacial score (nSPS) is 25.3. The van der Waals surface area contributed by atoms with Crippen LogP contribution in [0.5, 0.6) is 0 Å². The summed E-state index contributed by atoms with van der Waals surface area (Å²) >= 11 is 0. The quantitative estimate of drug-likeness (QED) is 0.877. The van der Waals surface area contributed by atoms with Gasteiger partial charge >= 0.3 is 0 Å². The zero-order valence-corrected chi connectivity index (χ0v) is 11.5. The van der Waals surface area contributed by atoms with E-state index >= 15 is 0 Å². The summed E-state index contributed by atoms with van der Waals surface area (Å²) in [4.78, 5) is 0. The molecule has 0 aliphatic heterocycles. The second-order valence-electron chi connectivity index (χ2n) is 5.33. The first-order valence-electron chi connectivity index (χ1n) is 6.95. The van der Waals surface area contributed by atoms with Crippen LogP contribution in [-0.2, 0) is 0 Å². The van der Waals surface area contributed by atoms with Gasteiger partial charge in [0.25, 0.3) is 0 Å². The molecule has 0 aromatic heterocycles. The highest BCUT2D eigenvalue weighted by molar-refractivity contribution is 5.23. The van der Waals surface area contributed by atoms with Crippen molar-refractivity contribution in [1.82, 2.24) is 10.6 Å². The van der Waals surface area contributed by atoms with E-state index in [0.29, 0.717) is 17.5 Å². The zero-order chi connectivity index (χ0) is 13.8. The van der Waals surface area contributed by atoms with Crippen molar-refractivity contribution >= 4 is 0 Å². The summed E-state index contributed by atoms with van der Waals surface area (Å²) in [7, 11) is 3.83. The smallest absolute Gasteiger partial charge is 0.130 e. The van der Waals surface area contributed by atoms with Crippen LogP contribution in [0.3, 0.4) is 0 Å². The first-order valence-corrected chi connectivity index (χ1v) is 6.95. The molecule has 2 N–H and O–H groups in total. The van der Waals surface area contributed by atoms with Crippen molar-refractivity contribution in [2.24, 2.45) is 5.92 Å². The van der Waals surface area contributed by atoms with Crippen molar-refractivity contribution < 1.29 is 8.78 Å². The standard InChI is InChI=1S/C15H22F2N2/c1-18-12-6-3-10(4-7-12)15(19-2)13-8-5-11(16)9-14(13)17/h5,8-10,12,15,18-19H,3-4,6-7H2,1-2H3. The third kappa shape index (κ3) is 3.31. The van der Waals surface area contributed by atoms with Crippen molar-refractivity contribution in [3.63, 3.8) is 0 Å². The molecule has 0 heterocycles. The van der Waals surface area contributed by atoms with E-state index < -0.39 is 11.6 Å². The average molecular weight is 268 g/mol. The second kappa shape index (κ2) is 6.44. The maximum Gasteiger partial charge on any atom is 0.130 e. The lowest BCUT2D eigenvalue weighted by Gasteiger charge is -2.34. The van der Waals surface area contributed by atoms with E-state index in [1.807, 2.05) is 14.1 Å². The van der Waals surface area contributed by atoms with Gasteiger partial charge in [0.1, 0.15) is 11.6 Å². The molecule has 1 aliphatic rings. The predicted molar refractivity (Wildman–Crippen MR) is 73.0 cm³/mol. The van der Waals surface area contributed by atoms with Gasteiger partial charge < -0.3 is 10.6 Å². The van der Waals surface area contributed by atoms with Crippen LogP contribution in [-0.4, -0.2) is 20.1 Å². The summed E-state index contributed by atoms with van der Waals surface area (Å²) < 4.78 is 26.9. The minimum absolute atomic E-state index is 0.0293. The molecule has 1 atom stereocenters. The number of halogens is 2. The number of benzene rings is 1. The molecule has 106 valence electrons. The van der Waals surface area contributed by atoms with Gasteiger partial charge in [-0.15, -0.1) is 0 Å². The SMILES string of the molecule is CNC1CCC(C(NC)c2ccc(F)cc2F)CC1. The van der Waals surface area contributed by atoms with Gasteiger partial charge in [-0.05, 0) is 51.8 Å². The fourth-order valence-corrected chi connectivity index (χ4v) is 3.14. The molecular weight excluding hydrogens is 246 g/mol. The van der Waals surface area contributed by atoms with Gasteiger partial charge in [-0.2, -0.15) is 0 Å². The van der Waals surface area contributed by atoms with E-state index in [1.165, 1.54) is 6.07 Å². The lowest BCUT2D eigenvalue weighted by atomic mass is 9.79. The molecular formula is C15H22F2N2. The van der Waals surface area contributed by atoms with Crippen LogP contribution in [0.25, 0.3) is 0 Å². The van der Waals surface area contributed by atoms with E-state index in [2.05, 4.69) is 10.6 Å². The molecule has 0 radical (unpaired) electrons. The Morgan fingerprint density at radius 3 is 2.32 bits per heavy atom. The Morgan fingerprint density at radius 1 is 1.11 bits per heavy atom. The lowest BCUT2D eigenvalue weighted by Crippen LogP contribution is -2.35. The van der Waals surface area contributed by atoms with E-state index in [-0.39, 0.29) is 6.04 Å². The zero-order valence-electron chi connectivity index (χ0n) is 11.5. The maximum absolute atomic E-state index is 13.9. The Morgan fingerprint density at radius 2 is 1.79 bits per heavy atom. The Kier molecular flexibility index (Phi) is 4.88. The first-order chi connectivity index (χ1) is 9.15. The molecule has 19 heavy (non-hydrogen) atoms. The summed E-state index contributed by atoms with van der Waals surface area (Å²) in [6.45, 7) is 0. The van der Waals surface area contributed by atoms with E-state index in [4.69, 9.17) is 0 Å². The van der Waals surface area contributed by atoms with Crippen LogP contribution >= 0.6 is 0 Å². The highest BCUT2D eigenvalue weighted by atomic mass is 19.1. The molecule has 0 bridgehead atoms. The van der Waals surface area contributed by atoms with Crippen molar-refractivity contribution in [1.29, 1.82) is 0 Å². The second-order valence-corrected chi connectivity index (χ2v) is 5.33. The van der Waals surface area contributed by atoms with Gasteiger partial charge in [-0.1, -0.05) is 6.07 Å². The van der Waals surface area contributed by atoms with Gasteiger partial charge in [0.2, 0.25) is 0 Å². The lowest BCUT2D eigenvalue weighted by molar-refractivity contribution is 0.244. The molecule has 0 saturated heterocycles. The van der Waals surface area contributed by atoms with Crippen LogP contribution in [0.4, 0.5) is 8.78 Å². The van der Waals surface area contributed by atoms with Gasteiger partial charge in [0, 0.05) is 23.7 Å². The first kappa shape index (κ1) is 14.4. The topological polar surface area (TPSA) is 24.1 Å². The van der Waals surface area contributed by atoms with E-state index in [1.54, 1.807) is 6.07 Å². The Labute approximate surface area is 113 Å². The van der Waals surface area contributed by atoms with Gasteiger partial charge in [-0.25, -0.2) is 8.78 Å². The maximum atomic E-state index is 13.9. The Hall–Kier alpha value is -1.00. The van der Waals surface area contributed by atoms with Gasteiger partial charge in [0.15, 0.2) is 0 Å². The fourth-order valence-electron chi connectivity index (χ4n) is 3.14. The third-order valence-electron chi connectivity index (χ3n) is 4.26. The molecule has 1 aliphatic carbocycles.